The van der Waals surface area contributed by atoms with Gasteiger partial charge in [0.15, 0.2) is 0 Å². The molecule has 0 bridgehead atoms. The molecule has 0 N–H and O–H groups in total. The zero-order valence-electron chi connectivity index (χ0n) is 15.7. The summed E-state index contributed by atoms with van der Waals surface area (Å²) < 4.78 is 28.0. The van der Waals surface area contributed by atoms with Gasteiger partial charge in [0.05, 0.1) is 17.6 Å². The van der Waals surface area contributed by atoms with Crippen LogP contribution in [0, 0.1) is 11.6 Å². The van der Waals surface area contributed by atoms with Crippen molar-refractivity contribution in [1.82, 2.24) is 4.90 Å². The number of likely N-dealkylation sites (tertiary alicyclic amines) is 1. The summed E-state index contributed by atoms with van der Waals surface area (Å²) in [6.07, 6.45) is 2.56. The standard InChI is InChI=1S/C22H24F2N2O/c1-22(2)14-20-19(26(22)16-8-5-7-15(23)13-16)11-6-12-25(20)21(27)17-9-3-4-10-18(17)24/h3-5,7-10,13,19-20H,6,11-12,14H2,1-2H3/t19-,20-/m0/s1. The van der Waals surface area contributed by atoms with E-state index in [0.29, 0.717) is 6.54 Å². The first-order valence-corrected chi connectivity index (χ1v) is 9.49. The van der Waals surface area contributed by atoms with Gasteiger partial charge in [-0.2, -0.15) is 0 Å². The molecule has 5 heteroatoms. The van der Waals surface area contributed by atoms with E-state index in [1.165, 1.54) is 12.1 Å². The molecule has 2 aromatic rings. The summed E-state index contributed by atoms with van der Waals surface area (Å²) in [4.78, 5) is 17.2. The molecule has 3 nitrogen and oxygen atoms in total. The largest absolute Gasteiger partial charge is 0.361 e. The van der Waals surface area contributed by atoms with Crippen LogP contribution in [0.4, 0.5) is 14.5 Å². The maximum absolute atomic E-state index is 14.2. The van der Waals surface area contributed by atoms with Gasteiger partial charge < -0.3 is 9.80 Å². The Morgan fingerprint density at radius 2 is 1.85 bits per heavy atom. The second-order valence-electron chi connectivity index (χ2n) is 8.12. The molecule has 2 saturated heterocycles. The highest BCUT2D eigenvalue weighted by molar-refractivity contribution is 5.95. The number of hydrogen-bond donors (Lipinski definition) is 0. The lowest BCUT2D eigenvalue weighted by Crippen LogP contribution is -2.53. The summed E-state index contributed by atoms with van der Waals surface area (Å²) in [6.45, 7) is 4.88. The van der Waals surface area contributed by atoms with Gasteiger partial charge in [-0.05, 0) is 63.4 Å². The molecule has 2 atom stereocenters. The Morgan fingerprint density at radius 1 is 1.07 bits per heavy atom. The molecule has 0 spiro atoms. The minimum atomic E-state index is -0.483. The molecule has 142 valence electrons. The van der Waals surface area contributed by atoms with Crippen LogP contribution in [0.5, 0.6) is 0 Å². The predicted molar refractivity (Wildman–Crippen MR) is 102 cm³/mol. The molecule has 2 fully saturated rings. The number of amides is 1. The van der Waals surface area contributed by atoms with Crippen LogP contribution in [-0.2, 0) is 0 Å². The van der Waals surface area contributed by atoms with Crippen LogP contribution in [0.15, 0.2) is 48.5 Å². The Balaban J connectivity index is 1.68. The highest BCUT2D eigenvalue weighted by Crippen LogP contribution is 2.44. The summed E-state index contributed by atoms with van der Waals surface area (Å²) in [6, 6.07) is 12.9. The SMILES string of the molecule is CC1(C)C[C@H]2[C@H](CCCN2C(=O)c2ccccc2F)N1c1cccc(F)c1. The van der Waals surface area contributed by atoms with Crippen LogP contribution in [0.2, 0.25) is 0 Å². The first kappa shape index (κ1) is 18.0. The molecule has 0 aromatic heterocycles. The summed E-state index contributed by atoms with van der Waals surface area (Å²) >= 11 is 0. The molecular formula is C22H24F2N2O. The number of rotatable bonds is 2. The first-order chi connectivity index (χ1) is 12.9. The minimum absolute atomic E-state index is 0.0101. The van der Waals surface area contributed by atoms with Gasteiger partial charge in [0.25, 0.3) is 5.91 Å². The third-order valence-corrected chi connectivity index (χ3v) is 5.89. The summed E-state index contributed by atoms with van der Waals surface area (Å²) in [5.41, 5.74) is 0.745. The van der Waals surface area contributed by atoms with Gasteiger partial charge >= 0.3 is 0 Å². The molecule has 1 amide bonds. The molecule has 0 radical (unpaired) electrons. The van der Waals surface area contributed by atoms with Gasteiger partial charge in [0, 0.05) is 17.8 Å². The van der Waals surface area contributed by atoms with Crippen LogP contribution < -0.4 is 4.90 Å². The molecule has 0 aliphatic carbocycles. The number of piperidine rings is 1. The van der Waals surface area contributed by atoms with Crippen molar-refractivity contribution < 1.29 is 13.6 Å². The summed E-state index contributed by atoms with van der Waals surface area (Å²) in [5.74, 6) is -0.995. The monoisotopic (exact) mass is 370 g/mol. The van der Waals surface area contributed by atoms with Gasteiger partial charge in [-0.25, -0.2) is 8.78 Å². The fraction of sp³-hybridized carbons (Fsp3) is 0.409. The van der Waals surface area contributed by atoms with Crippen molar-refractivity contribution >= 4 is 11.6 Å². The van der Waals surface area contributed by atoms with E-state index >= 15 is 0 Å². The second-order valence-corrected chi connectivity index (χ2v) is 8.12. The molecule has 2 heterocycles. The number of fused-ring (bicyclic) bond motifs is 1. The van der Waals surface area contributed by atoms with E-state index < -0.39 is 5.82 Å². The highest BCUT2D eigenvalue weighted by atomic mass is 19.1. The lowest BCUT2D eigenvalue weighted by molar-refractivity contribution is 0.0600. The number of anilines is 1. The van der Waals surface area contributed by atoms with Crippen LogP contribution in [-0.4, -0.2) is 35.0 Å². The van der Waals surface area contributed by atoms with E-state index in [4.69, 9.17) is 0 Å². The maximum atomic E-state index is 14.2. The number of carbonyl (C=O) groups is 1. The zero-order valence-corrected chi connectivity index (χ0v) is 15.7. The van der Waals surface area contributed by atoms with E-state index in [2.05, 4.69) is 18.7 Å². The maximum Gasteiger partial charge on any atom is 0.257 e. The van der Waals surface area contributed by atoms with Crippen molar-refractivity contribution in [3.63, 3.8) is 0 Å². The van der Waals surface area contributed by atoms with Crippen LogP contribution in [0.3, 0.4) is 0 Å². The van der Waals surface area contributed by atoms with Gasteiger partial charge in [-0.15, -0.1) is 0 Å². The average Bonchev–Trinajstić information content (AvgIpc) is 2.91. The molecule has 27 heavy (non-hydrogen) atoms. The van der Waals surface area contributed by atoms with Crippen molar-refractivity contribution in [2.45, 2.75) is 50.7 Å². The van der Waals surface area contributed by atoms with Crippen molar-refractivity contribution in [1.29, 1.82) is 0 Å². The van der Waals surface area contributed by atoms with E-state index in [0.717, 1.165) is 24.9 Å². The van der Waals surface area contributed by atoms with Gasteiger partial charge in [0.1, 0.15) is 11.6 Å². The molecule has 0 saturated carbocycles. The van der Waals surface area contributed by atoms with Crippen LogP contribution in [0.25, 0.3) is 0 Å². The summed E-state index contributed by atoms with van der Waals surface area (Å²) in [5, 5.41) is 0. The topological polar surface area (TPSA) is 23.6 Å². The Morgan fingerprint density at radius 3 is 2.59 bits per heavy atom. The van der Waals surface area contributed by atoms with Gasteiger partial charge in [-0.3, -0.25) is 4.79 Å². The Bertz CT molecular complexity index is 867. The van der Waals surface area contributed by atoms with Crippen LogP contribution >= 0.6 is 0 Å². The van der Waals surface area contributed by atoms with Crippen LogP contribution in [0.1, 0.15) is 43.5 Å². The smallest absolute Gasteiger partial charge is 0.257 e. The van der Waals surface area contributed by atoms with Crippen molar-refractivity contribution in [3.8, 4) is 0 Å². The predicted octanol–water partition coefficient (Wildman–Crippen LogP) is 4.63. The van der Waals surface area contributed by atoms with Crippen molar-refractivity contribution in [3.05, 3.63) is 65.7 Å². The average molecular weight is 370 g/mol. The Kier molecular flexibility index (Phi) is 4.41. The van der Waals surface area contributed by atoms with E-state index in [1.54, 1.807) is 30.3 Å². The number of carbonyl (C=O) groups excluding carboxylic acids is 1. The fourth-order valence-corrected chi connectivity index (χ4v) is 4.85. The second kappa shape index (κ2) is 6.63. The molecule has 0 unspecified atom stereocenters. The van der Waals surface area contributed by atoms with Crippen molar-refractivity contribution in [2.75, 3.05) is 11.4 Å². The third-order valence-electron chi connectivity index (χ3n) is 5.89. The number of hydrogen-bond acceptors (Lipinski definition) is 2. The number of nitrogens with zero attached hydrogens (tertiary/aromatic N) is 2. The Hall–Kier alpha value is -2.43. The molecule has 2 aliphatic heterocycles. The van der Waals surface area contributed by atoms with E-state index in [1.807, 2.05) is 11.0 Å². The number of halogens is 2. The normalized spacial score (nSPS) is 24.0. The number of benzene rings is 2. The van der Waals surface area contributed by atoms with Gasteiger partial charge in [0.2, 0.25) is 0 Å². The molecule has 4 rings (SSSR count). The molecule has 2 aromatic carbocycles. The van der Waals surface area contributed by atoms with E-state index in [-0.39, 0.29) is 34.9 Å². The van der Waals surface area contributed by atoms with Crippen molar-refractivity contribution in [2.24, 2.45) is 0 Å². The zero-order chi connectivity index (χ0) is 19.2. The lowest BCUT2D eigenvalue weighted by atomic mass is 9.93. The Labute approximate surface area is 158 Å². The molecular weight excluding hydrogens is 346 g/mol. The lowest BCUT2D eigenvalue weighted by Gasteiger charge is -2.42. The highest BCUT2D eigenvalue weighted by Gasteiger charge is 2.50. The first-order valence-electron chi connectivity index (χ1n) is 9.49. The molecule has 2 aliphatic rings. The van der Waals surface area contributed by atoms with Gasteiger partial charge in [-0.1, -0.05) is 18.2 Å². The third kappa shape index (κ3) is 3.09. The summed E-state index contributed by atoms with van der Waals surface area (Å²) in [7, 11) is 0. The van der Waals surface area contributed by atoms with E-state index in [9.17, 15) is 13.6 Å². The minimum Gasteiger partial charge on any atom is -0.361 e. The fourth-order valence-electron chi connectivity index (χ4n) is 4.85. The quantitative estimate of drug-likeness (QED) is 0.770.